The molecular weight excluding hydrogens is 292 g/mol. The second kappa shape index (κ2) is 5.31. The van der Waals surface area contributed by atoms with Crippen LogP contribution in [0.5, 0.6) is 0 Å². The van der Waals surface area contributed by atoms with Gasteiger partial charge in [0.05, 0.1) is 5.54 Å². The van der Waals surface area contributed by atoms with E-state index >= 15 is 0 Å². The third-order valence-corrected chi connectivity index (χ3v) is 4.05. The summed E-state index contributed by atoms with van der Waals surface area (Å²) in [5.74, 6) is 2.13. The third-order valence-electron chi connectivity index (χ3n) is 4.05. The van der Waals surface area contributed by atoms with Crippen molar-refractivity contribution in [2.45, 2.75) is 37.6 Å². The Hall–Kier alpha value is -2.47. The van der Waals surface area contributed by atoms with Crippen LogP contribution in [-0.2, 0) is 12.0 Å². The highest BCUT2D eigenvalue weighted by Gasteiger charge is 2.31. The number of benzene rings is 1. The van der Waals surface area contributed by atoms with Crippen LogP contribution >= 0.6 is 0 Å². The summed E-state index contributed by atoms with van der Waals surface area (Å²) in [4.78, 5) is 0. The van der Waals surface area contributed by atoms with E-state index in [9.17, 15) is 0 Å². The second-order valence-electron chi connectivity index (χ2n) is 6.38. The average molecular weight is 310 g/mol. The van der Waals surface area contributed by atoms with Crippen molar-refractivity contribution in [2.75, 3.05) is 0 Å². The van der Waals surface area contributed by atoms with Gasteiger partial charge in [-0.25, -0.2) is 0 Å². The number of hydrogen-bond donors (Lipinski definition) is 1. The van der Waals surface area contributed by atoms with Gasteiger partial charge in [-0.05, 0) is 31.7 Å². The summed E-state index contributed by atoms with van der Waals surface area (Å²) in [5, 5.41) is 12.2. The van der Waals surface area contributed by atoms with Crippen LogP contribution in [0.15, 0.2) is 45.3 Å². The molecule has 23 heavy (non-hydrogen) atoms. The Morgan fingerprint density at radius 2 is 2.00 bits per heavy atom. The van der Waals surface area contributed by atoms with Gasteiger partial charge < -0.3 is 14.7 Å². The van der Waals surface area contributed by atoms with E-state index in [2.05, 4.69) is 15.4 Å². The normalized spacial score (nSPS) is 17.1. The summed E-state index contributed by atoms with van der Waals surface area (Å²) in [7, 11) is 0. The Balaban J connectivity index is 1.56. The zero-order valence-electron chi connectivity index (χ0n) is 12.9. The lowest BCUT2D eigenvalue weighted by molar-refractivity contribution is 0.352. The quantitative estimate of drug-likeness (QED) is 0.779. The highest BCUT2D eigenvalue weighted by Crippen LogP contribution is 2.41. The van der Waals surface area contributed by atoms with E-state index in [-0.39, 0.29) is 0 Å². The molecule has 118 valence electrons. The van der Waals surface area contributed by atoms with Crippen molar-refractivity contribution in [1.29, 1.82) is 0 Å². The number of nitrogens with two attached hydrogens (primary N) is 1. The number of nitrogens with zero attached hydrogens (tertiary/aromatic N) is 3. The minimum absolute atomic E-state index is 0.348. The molecule has 0 aliphatic heterocycles. The molecule has 1 saturated carbocycles. The third kappa shape index (κ3) is 2.90. The minimum Gasteiger partial charge on any atom is -0.417 e. The maximum Gasteiger partial charge on any atom is 0.269 e. The first kappa shape index (κ1) is 14.1. The van der Waals surface area contributed by atoms with Crippen molar-refractivity contribution < 1.29 is 8.94 Å². The fourth-order valence-corrected chi connectivity index (χ4v) is 2.60. The molecule has 4 rings (SSSR count). The lowest BCUT2D eigenvalue weighted by atomic mass is 9.94. The first-order valence-corrected chi connectivity index (χ1v) is 7.75. The van der Waals surface area contributed by atoms with Gasteiger partial charge in [0.25, 0.3) is 5.89 Å². The summed E-state index contributed by atoms with van der Waals surface area (Å²) < 4.78 is 11.1. The Bertz CT molecular complexity index is 803. The van der Waals surface area contributed by atoms with Crippen molar-refractivity contribution in [2.24, 2.45) is 5.73 Å². The van der Waals surface area contributed by atoms with E-state index in [1.807, 2.05) is 43.3 Å². The fraction of sp³-hybridized carbons (Fsp3) is 0.353. The molecule has 0 saturated heterocycles. The molecule has 2 N–H and O–H groups in total. The Morgan fingerprint density at radius 1 is 1.22 bits per heavy atom. The maximum atomic E-state index is 6.38. The van der Waals surface area contributed by atoms with Crippen molar-refractivity contribution in [3.05, 3.63) is 53.6 Å². The van der Waals surface area contributed by atoms with Gasteiger partial charge in [-0.15, -0.1) is 10.2 Å². The second-order valence-corrected chi connectivity index (χ2v) is 6.38. The first-order chi connectivity index (χ1) is 11.1. The van der Waals surface area contributed by atoms with Crippen molar-refractivity contribution in [3.8, 4) is 11.6 Å². The molecule has 0 spiro atoms. The maximum absolute atomic E-state index is 6.38. The van der Waals surface area contributed by atoms with E-state index in [4.69, 9.17) is 14.7 Å². The van der Waals surface area contributed by atoms with Gasteiger partial charge >= 0.3 is 0 Å². The fourth-order valence-electron chi connectivity index (χ4n) is 2.60. The highest BCUT2D eigenvalue weighted by atomic mass is 16.5. The SMILES string of the molecule is C[C@@](N)(Cc1ccccc1)c1nnc(-c2cc(C3CC3)on2)o1. The molecule has 1 aliphatic carbocycles. The van der Waals surface area contributed by atoms with Crippen LogP contribution in [0.25, 0.3) is 11.6 Å². The molecule has 0 unspecified atom stereocenters. The van der Waals surface area contributed by atoms with E-state index in [1.165, 1.54) is 0 Å². The molecule has 3 aromatic rings. The highest BCUT2D eigenvalue weighted by molar-refractivity contribution is 5.46. The van der Waals surface area contributed by atoms with Crippen molar-refractivity contribution in [1.82, 2.24) is 15.4 Å². The summed E-state index contributed by atoms with van der Waals surface area (Å²) in [6, 6.07) is 11.9. The molecule has 2 aromatic heterocycles. The number of hydrogen-bond acceptors (Lipinski definition) is 6. The van der Waals surface area contributed by atoms with Crippen molar-refractivity contribution >= 4 is 0 Å². The molecule has 0 amide bonds. The topological polar surface area (TPSA) is 91.0 Å². The summed E-state index contributed by atoms with van der Waals surface area (Å²) in [6.07, 6.45) is 2.92. The number of aromatic nitrogens is 3. The Labute approximate surface area is 133 Å². The van der Waals surface area contributed by atoms with Gasteiger partial charge in [-0.1, -0.05) is 35.5 Å². The smallest absolute Gasteiger partial charge is 0.269 e. The van der Waals surface area contributed by atoms with E-state index in [0.717, 1.165) is 24.2 Å². The summed E-state index contributed by atoms with van der Waals surface area (Å²) >= 11 is 0. The van der Waals surface area contributed by atoms with Gasteiger partial charge in [-0.2, -0.15) is 0 Å². The lowest BCUT2D eigenvalue weighted by Gasteiger charge is -2.19. The number of rotatable bonds is 5. The molecule has 1 fully saturated rings. The summed E-state index contributed by atoms with van der Waals surface area (Å²) in [6.45, 7) is 1.88. The van der Waals surface area contributed by atoms with Crippen LogP contribution in [0.3, 0.4) is 0 Å². The van der Waals surface area contributed by atoms with E-state index in [1.54, 1.807) is 0 Å². The molecule has 1 aromatic carbocycles. The largest absolute Gasteiger partial charge is 0.417 e. The molecule has 1 atom stereocenters. The van der Waals surface area contributed by atoms with Gasteiger partial charge in [-0.3, -0.25) is 0 Å². The predicted molar refractivity (Wildman–Crippen MR) is 83.5 cm³/mol. The monoisotopic (exact) mass is 310 g/mol. The van der Waals surface area contributed by atoms with Gasteiger partial charge in [0, 0.05) is 12.0 Å². The molecule has 1 aliphatic rings. The minimum atomic E-state index is -0.740. The molecule has 0 radical (unpaired) electrons. The average Bonchev–Trinajstić information content (AvgIpc) is 3.07. The first-order valence-electron chi connectivity index (χ1n) is 7.75. The predicted octanol–water partition coefficient (Wildman–Crippen LogP) is 3.02. The van der Waals surface area contributed by atoms with Crippen LogP contribution in [0.2, 0.25) is 0 Å². The molecular formula is C17H18N4O2. The Morgan fingerprint density at radius 3 is 2.74 bits per heavy atom. The van der Waals surface area contributed by atoms with Gasteiger partial charge in [0.15, 0.2) is 5.69 Å². The standard InChI is InChI=1S/C17H18N4O2/c1-17(18,10-11-5-3-2-4-6-11)16-20-19-15(22-16)13-9-14(23-21-13)12-7-8-12/h2-6,9,12H,7-8,10,18H2,1H3/t17-/m1/s1. The van der Waals surface area contributed by atoms with Crippen LogP contribution in [0.1, 0.15) is 42.9 Å². The van der Waals surface area contributed by atoms with E-state index < -0.39 is 5.54 Å². The van der Waals surface area contributed by atoms with Crippen molar-refractivity contribution in [3.63, 3.8) is 0 Å². The van der Waals surface area contributed by atoms with Crippen LogP contribution in [0.4, 0.5) is 0 Å². The zero-order chi connectivity index (χ0) is 15.9. The summed E-state index contributed by atoms with van der Waals surface area (Å²) in [5.41, 5.74) is 7.34. The van der Waals surface area contributed by atoms with Gasteiger partial charge in [0.2, 0.25) is 5.89 Å². The molecule has 0 bridgehead atoms. The molecule has 2 heterocycles. The molecule has 6 heteroatoms. The molecule has 6 nitrogen and oxygen atoms in total. The van der Waals surface area contributed by atoms with E-state index in [0.29, 0.717) is 29.8 Å². The lowest BCUT2D eigenvalue weighted by Crippen LogP contribution is -2.35. The van der Waals surface area contributed by atoms with Crippen LogP contribution in [0, 0.1) is 0 Å². The van der Waals surface area contributed by atoms with Gasteiger partial charge in [0.1, 0.15) is 5.76 Å². The Kier molecular flexibility index (Phi) is 3.27. The zero-order valence-corrected chi connectivity index (χ0v) is 12.9. The van der Waals surface area contributed by atoms with Crippen LogP contribution < -0.4 is 5.73 Å². The van der Waals surface area contributed by atoms with Crippen LogP contribution in [-0.4, -0.2) is 15.4 Å².